The van der Waals surface area contributed by atoms with Crippen LogP contribution < -0.4 is 0 Å². The third kappa shape index (κ3) is 8.27. The Balaban J connectivity index is 0.000000284. The van der Waals surface area contributed by atoms with Crippen molar-refractivity contribution in [3.63, 3.8) is 0 Å². The molecule has 0 amide bonds. The summed E-state index contributed by atoms with van der Waals surface area (Å²) in [6, 6.07) is 0. The van der Waals surface area contributed by atoms with E-state index in [4.69, 9.17) is 5.26 Å². The Labute approximate surface area is 122 Å². The van der Waals surface area contributed by atoms with Crippen molar-refractivity contribution in [1.29, 1.82) is 5.26 Å². The van der Waals surface area contributed by atoms with Crippen LogP contribution in [0.1, 0.15) is 13.8 Å². The van der Waals surface area contributed by atoms with Crippen LogP contribution in [0.2, 0.25) is 0 Å². The Morgan fingerprint density at radius 2 is 1.26 bits per heavy atom. The van der Waals surface area contributed by atoms with Crippen LogP contribution in [0.15, 0.2) is 24.8 Å². The van der Waals surface area contributed by atoms with Crippen molar-refractivity contribution < 1.29 is 0 Å². The van der Waals surface area contributed by atoms with Crippen LogP contribution in [0.25, 0.3) is 0 Å². The fourth-order valence-electron chi connectivity index (χ4n) is 1.59. The van der Waals surface area contributed by atoms with Gasteiger partial charge in [0.2, 0.25) is 0 Å². The van der Waals surface area contributed by atoms with E-state index in [9.17, 15) is 0 Å². The molecule has 0 N–H and O–H groups in total. The number of nitrogens with zero attached hydrogens (tertiary/aromatic N) is 5. The van der Waals surface area contributed by atoms with E-state index in [1.165, 1.54) is 5.40 Å². The first-order valence-corrected chi connectivity index (χ1v) is 6.80. The molecule has 0 saturated heterocycles. The molecule has 0 bridgehead atoms. The molecule has 0 spiro atoms. The average molecular weight is 283 g/mol. The fourth-order valence-corrected chi connectivity index (χ4v) is 1.59. The van der Waals surface area contributed by atoms with Crippen molar-refractivity contribution in [2.24, 2.45) is 0 Å². The highest BCUT2D eigenvalue weighted by atomic mass is 32.1. The van der Waals surface area contributed by atoms with Crippen LogP contribution in [0.4, 0.5) is 0 Å². The van der Waals surface area contributed by atoms with Gasteiger partial charge in [-0.15, -0.1) is 0 Å². The SMILES string of the molecule is CCN1C=CN(C)C1.CCN1C=CN(C)C1.N#CS. The van der Waals surface area contributed by atoms with E-state index in [0.29, 0.717) is 0 Å². The van der Waals surface area contributed by atoms with Crippen LogP contribution in [0, 0.1) is 10.7 Å². The molecule has 0 aromatic heterocycles. The lowest BCUT2D eigenvalue weighted by atomic mass is 10.6. The molecule has 0 fully saturated rings. The zero-order valence-electron chi connectivity index (χ0n) is 12.3. The lowest BCUT2D eigenvalue weighted by Crippen LogP contribution is -2.21. The van der Waals surface area contributed by atoms with Gasteiger partial charge in [-0.3, -0.25) is 0 Å². The molecule has 5 nitrogen and oxygen atoms in total. The van der Waals surface area contributed by atoms with Gasteiger partial charge in [0.15, 0.2) is 0 Å². The van der Waals surface area contributed by atoms with E-state index in [1.807, 2.05) is 0 Å². The highest BCUT2D eigenvalue weighted by Crippen LogP contribution is 2.01. The maximum atomic E-state index is 7.18. The summed E-state index contributed by atoms with van der Waals surface area (Å²) >= 11 is 3.09. The lowest BCUT2D eigenvalue weighted by molar-refractivity contribution is 0.308. The molecule has 0 radical (unpaired) electrons. The van der Waals surface area contributed by atoms with Gasteiger partial charge < -0.3 is 19.6 Å². The monoisotopic (exact) mass is 283 g/mol. The first-order valence-electron chi connectivity index (χ1n) is 6.35. The van der Waals surface area contributed by atoms with Crippen molar-refractivity contribution in [3.8, 4) is 5.40 Å². The van der Waals surface area contributed by atoms with Crippen molar-refractivity contribution in [3.05, 3.63) is 24.8 Å². The second kappa shape index (κ2) is 10.4. The first kappa shape index (κ1) is 17.5. The first-order chi connectivity index (χ1) is 9.07. The van der Waals surface area contributed by atoms with E-state index < -0.39 is 0 Å². The van der Waals surface area contributed by atoms with Crippen LogP contribution in [-0.2, 0) is 0 Å². The Kier molecular flexibility index (Phi) is 9.63. The van der Waals surface area contributed by atoms with Crippen molar-refractivity contribution in [1.82, 2.24) is 19.6 Å². The molecule has 0 saturated carbocycles. The van der Waals surface area contributed by atoms with Crippen LogP contribution in [0.3, 0.4) is 0 Å². The smallest absolute Gasteiger partial charge is 0.130 e. The summed E-state index contributed by atoms with van der Waals surface area (Å²) in [5, 5.41) is 8.63. The molecule has 2 rings (SSSR count). The summed E-state index contributed by atoms with van der Waals surface area (Å²) in [7, 11) is 4.15. The Hall–Kier alpha value is -1.48. The average Bonchev–Trinajstić information content (AvgIpc) is 2.99. The van der Waals surface area contributed by atoms with Crippen molar-refractivity contribution >= 4 is 12.6 Å². The Morgan fingerprint density at radius 1 is 0.947 bits per heavy atom. The molecule has 2 aliphatic heterocycles. The number of rotatable bonds is 2. The van der Waals surface area contributed by atoms with E-state index >= 15 is 0 Å². The third-order valence-electron chi connectivity index (χ3n) is 2.69. The Morgan fingerprint density at radius 3 is 1.37 bits per heavy atom. The largest absolute Gasteiger partial charge is 0.362 e. The molecule has 2 heterocycles. The highest BCUT2D eigenvalue weighted by Gasteiger charge is 2.03. The van der Waals surface area contributed by atoms with Crippen molar-refractivity contribution in [2.75, 3.05) is 40.5 Å². The minimum Gasteiger partial charge on any atom is -0.362 e. The second-order valence-corrected chi connectivity index (χ2v) is 4.50. The zero-order chi connectivity index (χ0) is 14.7. The predicted molar refractivity (Wildman–Crippen MR) is 82.9 cm³/mol. The summed E-state index contributed by atoms with van der Waals surface area (Å²) in [6.07, 6.45) is 8.40. The number of nitriles is 1. The lowest BCUT2D eigenvalue weighted by Gasteiger charge is -2.14. The summed E-state index contributed by atoms with van der Waals surface area (Å²) in [5.41, 5.74) is 0. The van der Waals surface area contributed by atoms with E-state index in [0.717, 1.165) is 26.4 Å². The van der Waals surface area contributed by atoms with Gasteiger partial charge >= 0.3 is 0 Å². The van der Waals surface area contributed by atoms with E-state index in [1.54, 1.807) is 0 Å². The summed E-state index contributed by atoms with van der Waals surface area (Å²) < 4.78 is 0. The standard InChI is InChI=1S/2C6H12N2.CHNS/c2*1-3-8-5-4-7(2)6-8;2-1-3/h2*4-5H,3,6H2,1-2H3;3H. The van der Waals surface area contributed by atoms with Gasteiger partial charge in [0.25, 0.3) is 0 Å². The second-order valence-electron chi connectivity index (χ2n) is 4.30. The molecule has 19 heavy (non-hydrogen) atoms. The molecule has 2 aliphatic rings. The molecule has 0 aliphatic carbocycles. The van der Waals surface area contributed by atoms with Gasteiger partial charge in [-0.25, -0.2) is 0 Å². The molecular weight excluding hydrogens is 258 g/mol. The van der Waals surface area contributed by atoms with E-state index in [-0.39, 0.29) is 0 Å². The van der Waals surface area contributed by atoms with Crippen molar-refractivity contribution in [2.45, 2.75) is 13.8 Å². The van der Waals surface area contributed by atoms with Gasteiger partial charge in [-0.2, -0.15) is 5.26 Å². The molecule has 0 aromatic rings. The van der Waals surface area contributed by atoms with E-state index in [2.05, 4.69) is 85.0 Å². The molecule has 108 valence electrons. The molecule has 0 atom stereocenters. The molecule has 0 unspecified atom stereocenters. The zero-order valence-corrected chi connectivity index (χ0v) is 13.2. The van der Waals surface area contributed by atoms with Gasteiger partial charge in [-0.05, 0) is 13.8 Å². The van der Waals surface area contributed by atoms with Gasteiger partial charge in [0.1, 0.15) is 5.40 Å². The summed E-state index contributed by atoms with van der Waals surface area (Å²) in [6.45, 7) is 8.64. The predicted octanol–water partition coefficient (Wildman–Crippen LogP) is 1.76. The quantitative estimate of drug-likeness (QED) is 0.617. The normalized spacial score (nSPS) is 15.8. The van der Waals surface area contributed by atoms with Crippen LogP contribution in [-0.4, -0.2) is 60.1 Å². The third-order valence-corrected chi connectivity index (χ3v) is 2.69. The fraction of sp³-hybridized carbons (Fsp3) is 0.615. The maximum Gasteiger partial charge on any atom is 0.130 e. The number of thiocyanates is 1. The number of thiol groups is 1. The molecule has 0 aromatic carbocycles. The van der Waals surface area contributed by atoms with Crippen LogP contribution in [0.5, 0.6) is 0 Å². The Bertz CT molecular complexity index is 297. The minimum atomic E-state index is 1.05. The van der Waals surface area contributed by atoms with Gasteiger partial charge in [-0.1, -0.05) is 12.6 Å². The summed E-state index contributed by atoms with van der Waals surface area (Å²) in [4.78, 5) is 8.81. The van der Waals surface area contributed by atoms with Crippen LogP contribution >= 0.6 is 12.6 Å². The number of hydrogen-bond donors (Lipinski definition) is 1. The minimum absolute atomic E-state index is 1.05. The maximum absolute atomic E-state index is 7.18. The van der Waals surface area contributed by atoms with Gasteiger partial charge in [0, 0.05) is 52.0 Å². The highest BCUT2D eigenvalue weighted by molar-refractivity contribution is 7.85. The summed E-state index contributed by atoms with van der Waals surface area (Å²) in [5.74, 6) is 0. The number of hydrogen-bond acceptors (Lipinski definition) is 6. The molecule has 6 heteroatoms. The van der Waals surface area contributed by atoms with Gasteiger partial charge in [0.05, 0.1) is 13.3 Å². The molecular formula is C13H25N5S. The topological polar surface area (TPSA) is 36.8 Å².